The van der Waals surface area contributed by atoms with Crippen molar-refractivity contribution in [3.05, 3.63) is 34.9 Å². The first-order valence-electron chi connectivity index (χ1n) is 6.88. The van der Waals surface area contributed by atoms with Crippen molar-refractivity contribution in [1.29, 1.82) is 0 Å². The van der Waals surface area contributed by atoms with Gasteiger partial charge in [-0.3, -0.25) is 9.59 Å². The van der Waals surface area contributed by atoms with Gasteiger partial charge in [-0.05, 0) is 37.1 Å². The van der Waals surface area contributed by atoms with Crippen molar-refractivity contribution >= 4 is 35.7 Å². The van der Waals surface area contributed by atoms with Gasteiger partial charge < -0.3 is 10.6 Å². The highest BCUT2D eigenvalue weighted by Gasteiger charge is 2.21. The molecule has 1 heterocycles. The largest absolute Gasteiger partial charge is 0.343 e. The van der Waals surface area contributed by atoms with Crippen LogP contribution in [0.15, 0.2) is 24.3 Å². The summed E-state index contributed by atoms with van der Waals surface area (Å²) in [6.45, 7) is 1.41. The van der Waals surface area contributed by atoms with Crippen molar-refractivity contribution in [3.63, 3.8) is 0 Å². The fraction of sp³-hybridized carbons (Fsp3) is 0.467. The molecule has 1 fully saturated rings. The van der Waals surface area contributed by atoms with Crippen LogP contribution in [0.5, 0.6) is 0 Å². The van der Waals surface area contributed by atoms with Gasteiger partial charge in [-0.1, -0.05) is 11.6 Å². The van der Waals surface area contributed by atoms with E-state index in [2.05, 4.69) is 0 Å². The van der Waals surface area contributed by atoms with Crippen LogP contribution in [-0.2, 0) is 4.79 Å². The van der Waals surface area contributed by atoms with Crippen LogP contribution in [0.1, 0.15) is 36.0 Å². The van der Waals surface area contributed by atoms with Gasteiger partial charge in [0.05, 0.1) is 0 Å². The predicted octanol–water partition coefficient (Wildman–Crippen LogP) is 2.67. The number of nitrogens with two attached hydrogens (primary N) is 1. The van der Waals surface area contributed by atoms with E-state index in [9.17, 15) is 9.59 Å². The van der Waals surface area contributed by atoms with Gasteiger partial charge in [0.1, 0.15) is 0 Å². The molecule has 1 aromatic rings. The SMILES string of the molecule is Cl.NC1CCN(C(=O)CCC(=O)c2ccc(Cl)cc2)CC1. The molecular weight excluding hydrogens is 311 g/mol. The third-order valence-electron chi connectivity index (χ3n) is 3.62. The van der Waals surface area contributed by atoms with Crippen molar-refractivity contribution < 1.29 is 9.59 Å². The summed E-state index contributed by atoms with van der Waals surface area (Å²) in [6.07, 6.45) is 2.19. The molecule has 0 spiro atoms. The quantitative estimate of drug-likeness (QED) is 0.863. The Morgan fingerprint density at radius 1 is 1.14 bits per heavy atom. The maximum Gasteiger partial charge on any atom is 0.223 e. The number of hydrogen-bond acceptors (Lipinski definition) is 3. The molecule has 1 aliphatic rings. The van der Waals surface area contributed by atoms with Gasteiger partial charge in [0, 0.05) is 42.6 Å². The lowest BCUT2D eigenvalue weighted by molar-refractivity contribution is -0.132. The molecule has 1 saturated heterocycles. The molecule has 2 rings (SSSR count). The monoisotopic (exact) mass is 330 g/mol. The number of nitrogens with zero attached hydrogens (tertiary/aromatic N) is 1. The van der Waals surface area contributed by atoms with Crippen molar-refractivity contribution in [3.8, 4) is 0 Å². The summed E-state index contributed by atoms with van der Waals surface area (Å²) < 4.78 is 0. The van der Waals surface area contributed by atoms with E-state index in [1.165, 1.54) is 0 Å². The highest BCUT2D eigenvalue weighted by atomic mass is 35.5. The molecular formula is C15H20Cl2N2O2. The molecule has 1 aromatic carbocycles. The van der Waals surface area contributed by atoms with Crippen LogP contribution in [0.2, 0.25) is 5.02 Å². The molecule has 116 valence electrons. The molecule has 0 aromatic heterocycles. The molecule has 6 heteroatoms. The Kier molecular flexibility index (Phi) is 7.15. The minimum Gasteiger partial charge on any atom is -0.343 e. The van der Waals surface area contributed by atoms with Crippen molar-refractivity contribution in [2.45, 2.75) is 31.7 Å². The smallest absolute Gasteiger partial charge is 0.223 e. The van der Waals surface area contributed by atoms with Crippen molar-refractivity contribution in [1.82, 2.24) is 4.90 Å². The molecule has 0 saturated carbocycles. The number of piperidine rings is 1. The highest BCUT2D eigenvalue weighted by Crippen LogP contribution is 2.14. The Hall–Kier alpha value is -1.10. The summed E-state index contributed by atoms with van der Waals surface area (Å²) in [7, 11) is 0. The standard InChI is InChI=1S/C15H19ClN2O2.ClH/c16-12-3-1-11(2-4-12)14(19)5-6-15(20)18-9-7-13(17)8-10-18;/h1-4,13H,5-10,17H2;1H. The summed E-state index contributed by atoms with van der Waals surface area (Å²) >= 11 is 5.77. The number of carbonyl (C=O) groups is 2. The summed E-state index contributed by atoms with van der Waals surface area (Å²) in [4.78, 5) is 25.8. The van der Waals surface area contributed by atoms with Gasteiger partial charge in [-0.15, -0.1) is 12.4 Å². The van der Waals surface area contributed by atoms with E-state index in [1.807, 2.05) is 0 Å². The molecule has 4 nitrogen and oxygen atoms in total. The van der Waals surface area contributed by atoms with E-state index in [-0.39, 0.29) is 43.0 Å². The highest BCUT2D eigenvalue weighted by molar-refractivity contribution is 6.30. The fourth-order valence-electron chi connectivity index (χ4n) is 2.31. The lowest BCUT2D eigenvalue weighted by Gasteiger charge is -2.30. The predicted molar refractivity (Wildman–Crippen MR) is 86.1 cm³/mol. The summed E-state index contributed by atoms with van der Waals surface area (Å²) in [5.41, 5.74) is 6.40. The van der Waals surface area contributed by atoms with E-state index >= 15 is 0 Å². The Morgan fingerprint density at radius 3 is 2.29 bits per heavy atom. The van der Waals surface area contributed by atoms with Gasteiger partial charge >= 0.3 is 0 Å². The van der Waals surface area contributed by atoms with Crippen molar-refractivity contribution in [2.75, 3.05) is 13.1 Å². The summed E-state index contributed by atoms with van der Waals surface area (Å²) in [5.74, 6) is 0.0166. The molecule has 1 amide bonds. The molecule has 0 unspecified atom stereocenters. The van der Waals surface area contributed by atoms with Crippen LogP contribution >= 0.6 is 24.0 Å². The topological polar surface area (TPSA) is 63.4 Å². The average molecular weight is 331 g/mol. The van der Waals surface area contributed by atoms with Gasteiger partial charge in [0.2, 0.25) is 5.91 Å². The number of Topliss-reactive ketones (excluding diaryl/α,β-unsaturated/α-hetero) is 1. The maximum atomic E-state index is 12.0. The third-order valence-corrected chi connectivity index (χ3v) is 3.88. The minimum atomic E-state index is -0.0243. The molecule has 0 aliphatic carbocycles. The Morgan fingerprint density at radius 2 is 1.71 bits per heavy atom. The lowest BCUT2D eigenvalue weighted by atomic mass is 10.0. The number of ketones is 1. The van der Waals surface area contributed by atoms with E-state index in [0.717, 1.165) is 12.8 Å². The molecule has 0 atom stereocenters. The number of benzene rings is 1. The molecule has 21 heavy (non-hydrogen) atoms. The second-order valence-corrected chi connectivity index (χ2v) is 5.58. The first kappa shape index (κ1) is 18.0. The number of carbonyl (C=O) groups excluding carboxylic acids is 2. The average Bonchev–Trinajstić information content (AvgIpc) is 2.46. The molecule has 1 aliphatic heterocycles. The maximum absolute atomic E-state index is 12.0. The van der Waals surface area contributed by atoms with Gasteiger partial charge in [0.15, 0.2) is 5.78 Å². The zero-order chi connectivity index (χ0) is 14.5. The first-order valence-corrected chi connectivity index (χ1v) is 7.26. The molecule has 2 N–H and O–H groups in total. The van der Waals surface area contributed by atoms with Gasteiger partial charge in [-0.25, -0.2) is 0 Å². The zero-order valence-corrected chi connectivity index (χ0v) is 13.3. The molecule has 0 radical (unpaired) electrons. The number of halogens is 2. The number of amides is 1. The lowest BCUT2D eigenvalue weighted by Crippen LogP contribution is -2.42. The van der Waals surface area contributed by atoms with Gasteiger partial charge in [0.25, 0.3) is 0 Å². The van der Waals surface area contributed by atoms with Crippen LogP contribution in [-0.4, -0.2) is 35.7 Å². The Balaban J connectivity index is 0.00000220. The van der Waals surface area contributed by atoms with Crippen LogP contribution in [0.3, 0.4) is 0 Å². The van der Waals surface area contributed by atoms with Crippen LogP contribution in [0, 0.1) is 0 Å². The number of hydrogen-bond donors (Lipinski definition) is 1. The normalized spacial score (nSPS) is 15.4. The second kappa shape index (κ2) is 8.37. The first-order chi connectivity index (χ1) is 9.56. The summed E-state index contributed by atoms with van der Waals surface area (Å²) in [6, 6.07) is 6.95. The van der Waals surface area contributed by atoms with Crippen LogP contribution in [0.4, 0.5) is 0 Å². The summed E-state index contributed by atoms with van der Waals surface area (Å²) in [5, 5.41) is 0.599. The zero-order valence-electron chi connectivity index (χ0n) is 11.8. The van der Waals surface area contributed by atoms with E-state index < -0.39 is 0 Å². The van der Waals surface area contributed by atoms with E-state index in [4.69, 9.17) is 17.3 Å². The van der Waals surface area contributed by atoms with Crippen LogP contribution < -0.4 is 5.73 Å². The Bertz CT molecular complexity index is 483. The molecule has 0 bridgehead atoms. The van der Waals surface area contributed by atoms with E-state index in [0.29, 0.717) is 23.7 Å². The van der Waals surface area contributed by atoms with Crippen molar-refractivity contribution in [2.24, 2.45) is 5.73 Å². The van der Waals surface area contributed by atoms with E-state index in [1.54, 1.807) is 29.2 Å². The van der Waals surface area contributed by atoms with Crippen LogP contribution in [0.25, 0.3) is 0 Å². The Labute approximate surface area is 136 Å². The van der Waals surface area contributed by atoms with Gasteiger partial charge in [-0.2, -0.15) is 0 Å². The number of likely N-dealkylation sites (tertiary alicyclic amines) is 1. The minimum absolute atomic E-state index is 0. The third kappa shape index (κ3) is 5.30. The second-order valence-electron chi connectivity index (χ2n) is 5.15. The fourth-order valence-corrected chi connectivity index (χ4v) is 2.43. The number of rotatable bonds is 4.